The summed E-state index contributed by atoms with van der Waals surface area (Å²) in [5, 5.41) is 5.85. The Morgan fingerprint density at radius 1 is 0.941 bits per heavy atom. The minimum atomic E-state index is -0.870. The van der Waals surface area contributed by atoms with Gasteiger partial charge in [-0.25, -0.2) is 0 Å². The Morgan fingerprint density at radius 3 is 2.15 bits per heavy atom. The molecule has 3 aromatic carbocycles. The number of rotatable bonds is 7. The first kappa shape index (κ1) is 23.2. The molecule has 34 heavy (non-hydrogen) atoms. The molecule has 2 atom stereocenters. The van der Waals surface area contributed by atoms with Gasteiger partial charge < -0.3 is 15.5 Å². The van der Waals surface area contributed by atoms with E-state index in [-0.39, 0.29) is 24.3 Å². The zero-order valence-electron chi connectivity index (χ0n) is 19.5. The van der Waals surface area contributed by atoms with Crippen LogP contribution in [-0.2, 0) is 20.9 Å². The second kappa shape index (κ2) is 10.3. The third-order valence-electron chi connectivity index (χ3n) is 6.18. The number of nitrogens with zero attached hydrogens (tertiary/aromatic N) is 1. The van der Waals surface area contributed by atoms with Crippen molar-refractivity contribution in [3.8, 4) is 0 Å². The fourth-order valence-electron chi connectivity index (χ4n) is 4.39. The van der Waals surface area contributed by atoms with Crippen LogP contribution in [0.15, 0.2) is 78.9 Å². The molecule has 0 unspecified atom stereocenters. The summed E-state index contributed by atoms with van der Waals surface area (Å²) in [5.74, 6) is -0.702. The van der Waals surface area contributed by atoms with Crippen molar-refractivity contribution in [3.63, 3.8) is 0 Å². The molecule has 1 saturated heterocycles. The van der Waals surface area contributed by atoms with Gasteiger partial charge in [0.2, 0.25) is 11.8 Å². The maximum atomic E-state index is 13.8. The third kappa shape index (κ3) is 5.17. The van der Waals surface area contributed by atoms with Gasteiger partial charge in [0.15, 0.2) is 0 Å². The summed E-state index contributed by atoms with van der Waals surface area (Å²) in [7, 11) is 0. The van der Waals surface area contributed by atoms with Crippen molar-refractivity contribution >= 4 is 23.4 Å². The fraction of sp³-hybridized carbons (Fsp3) is 0.250. The van der Waals surface area contributed by atoms with Crippen molar-refractivity contribution in [2.75, 3.05) is 5.32 Å². The van der Waals surface area contributed by atoms with Gasteiger partial charge in [0.25, 0.3) is 5.91 Å². The zero-order valence-corrected chi connectivity index (χ0v) is 19.5. The van der Waals surface area contributed by atoms with Crippen molar-refractivity contribution in [3.05, 3.63) is 101 Å². The van der Waals surface area contributed by atoms with Gasteiger partial charge in [0, 0.05) is 18.7 Å². The van der Waals surface area contributed by atoms with Crippen LogP contribution in [0.5, 0.6) is 0 Å². The molecular formula is C28H29N3O3. The number of aryl methyl sites for hydroxylation is 2. The summed E-state index contributed by atoms with van der Waals surface area (Å²) >= 11 is 0. The van der Waals surface area contributed by atoms with Gasteiger partial charge in [-0.15, -0.1) is 0 Å². The molecule has 0 spiro atoms. The lowest BCUT2D eigenvalue weighted by Crippen LogP contribution is -2.48. The molecule has 0 saturated carbocycles. The highest BCUT2D eigenvalue weighted by atomic mass is 16.2. The summed E-state index contributed by atoms with van der Waals surface area (Å²) in [6, 6.07) is 23.2. The molecule has 2 N–H and O–H groups in total. The molecule has 1 heterocycles. The lowest BCUT2D eigenvalue weighted by molar-refractivity contribution is -0.141. The number of para-hydroxylation sites is 1. The average Bonchev–Trinajstić information content (AvgIpc) is 3.28. The molecule has 0 aromatic heterocycles. The van der Waals surface area contributed by atoms with Gasteiger partial charge in [-0.3, -0.25) is 14.4 Å². The van der Waals surface area contributed by atoms with E-state index in [9.17, 15) is 14.4 Å². The molecule has 1 aliphatic heterocycles. The van der Waals surface area contributed by atoms with Gasteiger partial charge in [-0.05, 0) is 42.5 Å². The van der Waals surface area contributed by atoms with Crippen LogP contribution in [0.25, 0.3) is 0 Å². The van der Waals surface area contributed by atoms with Crippen molar-refractivity contribution < 1.29 is 14.4 Å². The largest absolute Gasteiger partial charge is 0.344 e. The normalized spacial score (nSPS) is 15.9. The lowest BCUT2D eigenvalue weighted by Gasteiger charge is -2.33. The predicted octanol–water partition coefficient (Wildman–Crippen LogP) is 4.29. The van der Waals surface area contributed by atoms with E-state index in [0.29, 0.717) is 18.4 Å². The number of carbonyl (C=O) groups excluding carboxylic acids is 3. The topological polar surface area (TPSA) is 78.5 Å². The molecule has 1 aliphatic rings. The molecule has 1 fully saturated rings. The number of hydrogen-bond acceptors (Lipinski definition) is 3. The molecule has 3 amide bonds. The standard InChI is InChI=1S/C28H29N3O3/c1-19-10-9-11-20(2)25(19)30-27(33)26(22-14-7-4-8-15-22)31(18-21-12-5-3-6-13-21)28(34)23-16-17-24(32)29-23/h3-15,23,26H,16-18H2,1-2H3,(H,29,32)(H,30,33)/t23-,26-/m1/s1. The predicted molar refractivity (Wildman–Crippen MR) is 132 cm³/mol. The summed E-state index contributed by atoms with van der Waals surface area (Å²) < 4.78 is 0. The highest BCUT2D eigenvalue weighted by Gasteiger charge is 2.37. The number of nitrogens with one attached hydrogen (secondary N) is 2. The Balaban J connectivity index is 1.75. The zero-order chi connectivity index (χ0) is 24.1. The number of anilines is 1. The Labute approximate surface area is 200 Å². The Morgan fingerprint density at radius 2 is 1.56 bits per heavy atom. The molecule has 4 rings (SSSR count). The lowest BCUT2D eigenvalue weighted by atomic mass is 10.0. The van der Waals surface area contributed by atoms with E-state index in [2.05, 4.69) is 10.6 Å². The van der Waals surface area contributed by atoms with E-state index in [0.717, 1.165) is 22.4 Å². The molecule has 0 radical (unpaired) electrons. The molecule has 174 valence electrons. The van der Waals surface area contributed by atoms with Crippen LogP contribution >= 0.6 is 0 Å². The van der Waals surface area contributed by atoms with Crippen LogP contribution in [-0.4, -0.2) is 28.7 Å². The highest BCUT2D eigenvalue weighted by Crippen LogP contribution is 2.29. The summed E-state index contributed by atoms with van der Waals surface area (Å²) in [4.78, 5) is 41.0. The summed E-state index contributed by atoms with van der Waals surface area (Å²) in [6.45, 7) is 4.13. The molecule has 0 bridgehead atoms. The minimum absolute atomic E-state index is 0.144. The maximum absolute atomic E-state index is 13.8. The van der Waals surface area contributed by atoms with Crippen LogP contribution in [0.3, 0.4) is 0 Å². The van der Waals surface area contributed by atoms with Gasteiger partial charge in [-0.2, -0.15) is 0 Å². The molecule has 6 nitrogen and oxygen atoms in total. The van der Waals surface area contributed by atoms with Crippen LogP contribution in [0, 0.1) is 13.8 Å². The van der Waals surface area contributed by atoms with Crippen molar-refractivity contribution in [1.29, 1.82) is 0 Å². The Hall–Kier alpha value is -3.93. The van der Waals surface area contributed by atoms with Crippen molar-refractivity contribution in [2.45, 2.75) is 45.3 Å². The maximum Gasteiger partial charge on any atom is 0.251 e. The second-order valence-corrected chi connectivity index (χ2v) is 8.68. The van der Waals surface area contributed by atoms with E-state index >= 15 is 0 Å². The Bertz CT molecular complexity index is 1160. The van der Waals surface area contributed by atoms with Crippen LogP contribution in [0.1, 0.15) is 41.1 Å². The van der Waals surface area contributed by atoms with E-state index in [4.69, 9.17) is 0 Å². The number of carbonyl (C=O) groups is 3. The fourth-order valence-corrected chi connectivity index (χ4v) is 4.39. The summed E-state index contributed by atoms with van der Waals surface area (Å²) in [6.07, 6.45) is 0.725. The monoisotopic (exact) mass is 455 g/mol. The highest BCUT2D eigenvalue weighted by molar-refractivity contribution is 6.00. The van der Waals surface area contributed by atoms with Crippen molar-refractivity contribution in [2.24, 2.45) is 0 Å². The van der Waals surface area contributed by atoms with Gasteiger partial charge in [-0.1, -0.05) is 78.9 Å². The van der Waals surface area contributed by atoms with E-state index in [1.54, 1.807) is 4.90 Å². The summed E-state index contributed by atoms with van der Waals surface area (Å²) in [5.41, 5.74) is 4.25. The van der Waals surface area contributed by atoms with Crippen LogP contribution in [0.4, 0.5) is 5.69 Å². The van der Waals surface area contributed by atoms with E-state index in [1.165, 1.54) is 0 Å². The quantitative estimate of drug-likeness (QED) is 0.558. The molecule has 6 heteroatoms. The minimum Gasteiger partial charge on any atom is -0.344 e. The Kier molecular flexibility index (Phi) is 7.07. The van der Waals surface area contributed by atoms with Gasteiger partial charge in [0.05, 0.1) is 0 Å². The third-order valence-corrected chi connectivity index (χ3v) is 6.18. The smallest absolute Gasteiger partial charge is 0.251 e. The van der Waals surface area contributed by atoms with Gasteiger partial charge >= 0.3 is 0 Å². The molecular weight excluding hydrogens is 426 g/mol. The SMILES string of the molecule is Cc1cccc(C)c1NC(=O)[C@@H](c1ccccc1)N(Cc1ccccc1)C(=O)[C@H]1CCC(=O)N1. The van der Waals surface area contributed by atoms with E-state index < -0.39 is 12.1 Å². The van der Waals surface area contributed by atoms with Crippen molar-refractivity contribution in [1.82, 2.24) is 10.2 Å². The first-order chi connectivity index (χ1) is 16.4. The first-order valence-electron chi connectivity index (χ1n) is 11.5. The number of hydrogen-bond donors (Lipinski definition) is 2. The van der Waals surface area contributed by atoms with Crippen LogP contribution < -0.4 is 10.6 Å². The van der Waals surface area contributed by atoms with Crippen LogP contribution in [0.2, 0.25) is 0 Å². The van der Waals surface area contributed by atoms with Gasteiger partial charge in [0.1, 0.15) is 12.1 Å². The number of benzene rings is 3. The first-order valence-corrected chi connectivity index (χ1v) is 11.5. The second-order valence-electron chi connectivity index (χ2n) is 8.68. The average molecular weight is 456 g/mol. The number of amides is 3. The molecule has 0 aliphatic carbocycles. The van der Waals surface area contributed by atoms with E-state index in [1.807, 2.05) is 92.7 Å². The molecule has 3 aromatic rings.